The van der Waals surface area contributed by atoms with Gasteiger partial charge in [0, 0.05) is 6.54 Å². The molecule has 14 heavy (non-hydrogen) atoms. The van der Waals surface area contributed by atoms with Gasteiger partial charge < -0.3 is 10.0 Å². The first kappa shape index (κ1) is 11.2. The van der Waals surface area contributed by atoms with Gasteiger partial charge in [0.05, 0.1) is 6.61 Å². The van der Waals surface area contributed by atoms with Crippen molar-refractivity contribution < 1.29 is 5.11 Å². The number of aliphatic hydroxyl groups excluding tert-OH is 1. The smallest absolute Gasteiger partial charge is 0.0558 e. The number of rotatable bonds is 6. The van der Waals surface area contributed by atoms with E-state index in [0.29, 0.717) is 0 Å². The van der Waals surface area contributed by atoms with Crippen molar-refractivity contribution in [1.29, 1.82) is 0 Å². The Labute approximate surface area is 86.2 Å². The van der Waals surface area contributed by atoms with Crippen LogP contribution in [0.4, 0.5) is 0 Å². The Bertz CT molecular complexity index is 235. The van der Waals surface area contributed by atoms with Crippen molar-refractivity contribution in [3.8, 4) is 0 Å². The van der Waals surface area contributed by atoms with Crippen LogP contribution in [-0.2, 0) is 6.42 Å². The van der Waals surface area contributed by atoms with Gasteiger partial charge in [-0.2, -0.15) is 0 Å². The van der Waals surface area contributed by atoms with Crippen LogP contribution in [0.15, 0.2) is 24.3 Å². The number of likely N-dealkylation sites (N-methyl/N-ethyl adjacent to an activating group) is 1. The van der Waals surface area contributed by atoms with E-state index in [2.05, 4.69) is 23.1 Å². The molecule has 0 bridgehead atoms. The average Bonchev–Trinajstić information content (AvgIpc) is 2.20. The summed E-state index contributed by atoms with van der Waals surface area (Å²) < 4.78 is 0. The molecular formula is C12H18NO. The molecule has 77 valence electrons. The van der Waals surface area contributed by atoms with Crippen LogP contribution in [0.3, 0.4) is 0 Å². The first-order valence-corrected chi connectivity index (χ1v) is 5.07. The van der Waals surface area contributed by atoms with Crippen LogP contribution in [-0.4, -0.2) is 36.8 Å². The molecule has 0 saturated carbocycles. The number of hydrogen-bond donors (Lipinski definition) is 1. The van der Waals surface area contributed by atoms with Crippen LogP contribution in [0, 0.1) is 6.07 Å². The zero-order valence-electron chi connectivity index (χ0n) is 8.74. The fraction of sp³-hybridized carbons (Fsp3) is 0.500. The first-order valence-electron chi connectivity index (χ1n) is 5.07. The molecule has 0 spiro atoms. The second kappa shape index (κ2) is 6.57. The maximum Gasteiger partial charge on any atom is 0.0558 e. The van der Waals surface area contributed by atoms with Crippen LogP contribution in [0.25, 0.3) is 0 Å². The number of aliphatic hydroxyl groups is 1. The molecule has 0 unspecified atom stereocenters. The molecule has 0 amide bonds. The Kier molecular flexibility index (Phi) is 5.27. The van der Waals surface area contributed by atoms with E-state index in [0.717, 1.165) is 25.9 Å². The summed E-state index contributed by atoms with van der Waals surface area (Å²) in [6, 6.07) is 11.1. The van der Waals surface area contributed by atoms with Gasteiger partial charge in [0.25, 0.3) is 0 Å². The van der Waals surface area contributed by atoms with E-state index in [1.165, 1.54) is 5.56 Å². The lowest BCUT2D eigenvalue weighted by molar-refractivity contribution is 0.220. The number of nitrogens with zero attached hydrogens (tertiary/aromatic N) is 1. The van der Waals surface area contributed by atoms with Gasteiger partial charge >= 0.3 is 0 Å². The molecular weight excluding hydrogens is 174 g/mol. The molecule has 0 aromatic heterocycles. The van der Waals surface area contributed by atoms with E-state index < -0.39 is 0 Å². The van der Waals surface area contributed by atoms with Crippen LogP contribution in [0.5, 0.6) is 0 Å². The largest absolute Gasteiger partial charge is 0.395 e. The van der Waals surface area contributed by atoms with Gasteiger partial charge in [0.1, 0.15) is 0 Å². The predicted octanol–water partition coefficient (Wildman–Crippen LogP) is 1.34. The summed E-state index contributed by atoms with van der Waals surface area (Å²) in [7, 11) is 2.04. The second-order valence-corrected chi connectivity index (χ2v) is 3.54. The second-order valence-electron chi connectivity index (χ2n) is 3.54. The zero-order valence-corrected chi connectivity index (χ0v) is 8.74. The predicted molar refractivity (Wildman–Crippen MR) is 58.2 cm³/mol. The fourth-order valence-electron chi connectivity index (χ4n) is 1.42. The molecule has 2 heteroatoms. The minimum atomic E-state index is 0.247. The number of aryl methyl sites for hydroxylation is 1. The Morgan fingerprint density at radius 1 is 1.29 bits per heavy atom. The van der Waals surface area contributed by atoms with Crippen LogP contribution in [0.1, 0.15) is 12.0 Å². The summed E-state index contributed by atoms with van der Waals surface area (Å²) >= 11 is 0. The molecule has 1 radical (unpaired) electrons. The van der Waals surface area contributed by atoms with Gasteiger partial charge in [-0.05, 0) is 38.1 Å². The van der Waals surface area contributed by atoms with Crippen molar-refractivity contribution >= 4 is 0 Å². The minimum Gasteiger partial charge on any atom is -0.395 e. The van der Waals surface area contributed by atoms with Crippen molar-refractivity contribution in [3.63, 3.8) is 0 Å². The molecule has 0 heterocycles. The highest BCUT2D eigenvalue weighted by Crippen LogP contribution is 2.02. The standard InChI is InChI=1S/C12H18NO/c1-13(10-11-14)9-5-8-12-6-3-2-4-7-12/h3-4,6-7,14H,5,8-11H2,1H3. The zero-order chi connectivity index (χ0) is 10.2. The van der Waals surface area contributed by atoms with E-state index in [1.54, 1.807) is 0 Å². The monoisotopic (exact) mass is 192 g/mol. The van der Waals surface area contributed by atoms with Crippen LogP contribution >= 0.6 is 0 Å². The molecule has 2 nitrogen and oxygen atoms in total. The van der Waals surface area contributed by atoms with E-state index in [4.69, 9.17) is 5.11 Å². The van der Waals surface area contributed by atoms with E-state index in [-0.39, 0.29) is 6.61 Å². The molecule has 1 aromatic rings. The number of benzene rings is 1. The molecule has 1 rings (SSSR count). The lowest BCUT2D eigenvalue weighted by atomic mass is 10.1. The lowest BCUT2D eigenvalue weighted by Gasteiger charge is -2.14. The highest BCUT2D eigenvalue weighted by Gasteiger charge is 1.97. The summed E-state index contributed by atoms with van der Waals surface area (Å²) in [6.07, 6.45) is 2.24. The molecule has 0 saturated heterocycles. The third-order valence-corrected chi connectivity index (χ3v) is 2.27. The van der Waals surface area contributed by atoms with Gasteiger partial charge in [0.2, 0.25) is 0 Å². The first-order chi connectivity index (χ1) is 6.83. The van der Waals surface area contributed by atoms with Crippen LogP contribution in [0.2, 0.25) is 0 Å². The summed E-state index contributed by atoms with van der Waals surface area (Å²) in [6.45, 7) is 2.05. The molecule has 0 atom stereocenters. The van der Waals surface area contributed by atoms with Crippen molar-refractivity contribution in [2.75, 3.05) is 26.7 Å². The van der Waals surface area contributed by atoms with Crippen molar-refractivity contribution in [2.45, 2.75) is 12.8 Å². The van der Waals surface area contributed by atoms with Gasteiger partial charge in [-0.3, -0.25) is 0 Å². The molecule has 0 aliphatic heterocycles. The highest BCUT2D eigenvalue weighted by molar-refractivity contribution is 5.13. The van der Waals surface area contributed by atoms with E-state index in [9.17, 15) is 0 Å². The summed E-state index contributed by atoms with van der Waals surface area (Å²) in [5, 5.41) is 8.71. The van der Waals surface area contributed by atoms with E-state index in [1.807, 2.05) is 19.2 Å². The van der Waals surface area contributed by atoms with E-state index >= 15 is 0 Å². The normalized spacial score (nSPS) is 10.8. The fourth-order valence-corrected chi connectivity index (χ4v) is 1.42. The lowest BCUT2D eigenvalue weighted by Crippen LogP contribution is -2.23. The van der Waals surface area contributed by atoms with Crippen LogP contribution < -0.4 is 0 Å². The summed E-state index contributed by atoms with van der Waals surface area (Å²) in [5.74, 6) is 0. The molecule has 0 aliphatic carbocycles. The third kappa shape index (κ3) is 4.40. The van der Waals surface area contributed by atoms with Gasteiger partial charge in [-0.25, -0.2) is 0 Å². The quantitative estimate of drug-likeness (QED) is 0.735. The molecule has 0 aliphatic rings. The minimum absolute atomic E-state index is 0.247. The summed E-state index contributed by atoms with van der Waals surface area (Å²) in [4.78, 5) is 2.15. The highest BCUT2D eigenvalue weighted by atomic mass is 16.3. The van der Waals surface area contributed by atoms with Crippen molar-refractivity contribution in [1.82, 2.24) is 4.90 Å². The maximum atomic E-state index is 8.71. The van der Waals surface area contributed by atoms with Gasteiger partial charge in [-0.1, -0.05) is 24.3 Å². The SMILES string of the molecule is CN(CCO)CCCc1cc[c]cc1. The Balaban J connectivity index is 2.16. The summed E-state index contributed by atoms with van der Waals surface area (Å²) in [5.41, 5.74) is 1.36. The van der Waals surface area contributed by atoms with Gasteiger partial charge in [-0.15, -0.1) is 0 Å². The Morgan fingerprint density at radius 2 is 2.00 bits per heavy atom. The van der Waals surface area contributed by atoms with Crippen molar-refractivity contribution in [2.24, 2.45) is 0 Å². The van der Waals surface area contributed by atoms with Crippen molar-refractivity contribution in [3.05, 3.63) is 35.9 Å². The maximum absolute atomic E-state index is 8.71. The average molecular weight is 192 g/mol. The number of hydrogen-bond acceptors (Lipinski definition) is 2. The topological polar surface area (TPSA) is 23.5 Å². The Morgan fingerprint density at radius 3 is 2.64 bits per heavy atom. The third-order valence-electron chi connectivity index (χ3n) is 2.27. The molecule has 0 fully saturated rings. The van der Waals surface area contributed by atoms with Gasteiger partial charge in [0.15, 0.2) is 0 Å². The molecule has 1 N–H and O–H groups in total. The Hall–Kier alpha value is -0.860. The molecule has 1 aromatic carbocycles.